The Morgan fingerprint density at radius 2 is 2.04 bits per heavy atom. The van der Waals surface area contributed by atoms with Gasteiger partial charge in [-0.15, -0.1) is 0 Å². The number of fused-ring (bicyclic) bond motifs is 1. The second-order valence-corrected chi connectivity index (χ2v) is 6.75. The predicted molar refractivity (Wildman–Crippen MR) is 96.6 cm³/mol. The van der Waals surface area contributed by atoms with Gasteiger partial charge in [-0.2, -0.15) is 0 Å². The van der Waals surface area contributed by atoms with Crippen molar-refractivity contribution in [1.29, 1.82) is 0 Å². The van der Waals surface area contributed by atoms with Crippen molar-refractivity contribution in [2.45, 2.75) is 25.3 Å². The van der Waals surface area contributed by atoms with E-state index in [1.54, 1.807) is 11.9 Å². The van der Waals surface area contributed by atoms with Crippen LogP contribution in [-0.2, 0) is 16.0 Å². The van der Waals surface area contributed by atoms with E-state index in [9.17, 15) is 14.0 Å². The van der Waals surface area contributed by atoms with Crippen molar-refractivity contribution in [3.63, 3.8) is 0 Å². The first-order valence-corrected chi connectivity index (χ1v) is 8.81. The number of benzene rings is 2. The molecule has 0 bridgehead atoms. The number of hydrogen-bond acceptors (Lipinski definition) is 3. The Hall–Kier alpha value is -2.40. The Morgan fingerprint density at radius 3 is 2.85 bits per heavy atom. The van der Waals surface area contributed by atoms with E-state index in [1.165, 1.54) is 17.7 Å². The molecule has 26 heavy (non-hydrogen) atoms. The number of esters is 1. The minimum absolute atomic E-state index is 0.0472. The molecule has 0 heterocycles. The van der Waals surface area contributed by atoms with Gasteiger partial charge in [0.15, 0.2) is 6.61 Å². The molecule has 0 unspecified atom stereocenters. The molecule has 0 saturated carbocycles. The van der Waals surface area contributed by atoms with Crippen LogP contribution in [0.15, 0.2) is 42.5 Å². The van der Waals surface area contributed by atoms with Crippen LogP contribution in [0.25, 0.3) is 0 Å². The number of aryl methyl sites for hydroxylation is 1. The fourth-order valence-electron chi connectivity index (χ4n) is 3.27. The summed E-state index contributed by atoms with van der Waals surface area (Å²) in [5.74, 6) is -1.97. The van der Waals surface area contributed by atoms with Crippen molar-refractivity contribution < 1.29 is 18.7 Å². The van der Waals surface area contributed by atoms with Gasteiger partial charge in [-0.1, -0.05) is 35.9 Å². The van der Waals surface area contributed by atoms with Gasteiger partial charge in [0.1, 0.15) is 5.82 Å². The molecule has 0 radical (unpaired) electrons. The maximum Gasteiger partial charge on any atom is 0.341 e. The van der Waals surface area contributed by atoms with Crippen LogP contribution < -0.4 is 0 Å². The number of likely N-dealkylation sites (N-methyl/N-ethyl adjacent to an activating group) is 1. The highest BCUT2D eigenvalue weighted by Crippen LogP contribution is 2.33. The molecule has 2 aromatic rings. The van der Waals surface area contributed by atoms with Gasteiger partial charge in [-0.05, 0) is 48.6 Å². The average Bonchev–Trinajstić information content (AvgIpc) is 2.66. The van der Waals surface area contributed by atoms with E-state index < -0.39 is 18.4 Å². The van der Waals surface area contributed by atoms with Crippen LogP contribution in [0.4, 0.5) is 4.39 Å². The molecule has 1 aliphatic rings. The van der Waals surface area contributed by atoms with Crippen LogP contribution >= 0.6 is 11.6 Å². The Morgan fingerprint density at radius 1 is 1.27 bits per heavy atom. The van der Waals surface area contributed by atoms with Crippen LogP contribution in [-0.4, -0.2) is 30.4 Å². The van der Waals surface area contributed by atoms with Crippen LogP contribution in [0.1, 0.15) is 40.4 Å². The number of rotatable bonds is 4. The molecule has 0 spiro atoms. The molecule has 0 aliphatic heterocycles. The minimum atomic E-state index is -0.907. The third-order valence-electron chi connectivity index (χ3n) is 4.67. The van der Waals surface area contributed by atoms with Crippen molar-refractivity contribution in [2.75, 3.05) is 13.7 Å². The molecule has 1 atom stereocenters. The average molecular weight is 376 g/mol. The third-order valence-corrected chi connectivity index (χ3v) is 4.91. The normalized spacial score (nSPS) is 15.9. The van der Waals surface area contributed by atoms with Gasteiger partial charge >= 0.3 is 5.97 Å². The van der Waals surface area contributed by atoms with Crippen LogP contribution in [0.2, 0.25) is 5.02 Å². The first-order valence-electron chi connectivity index (χ1n) is 8.43. The fraction of sp³-hybridized carbons (Fsp3) is 0.300. The van der Waals surface area contributed by atoms with E-state index in [2.05, 4.69) is 6.07 Å². The standard InChI is InChI=1S/C20H19ClFNO3/c1-23(18-8-4-6-13-5-2-3-7-15(13)18)19(24)12-26-20(25)16-11-14(21)9-10-17(16)22/h2-3,5,7,9-11,18H,4,6,8,12H2,1H3/t18-/m0/s1. The molecular formula is C20H19ClFNO3. The van der Waals surface area contributed by atoms with Crippen molar-refractivity contribution in [2.24, 2.45) is 0 Å². The number of carbonyl (C=O) groups excluding carboxylic acids is 2. The Labute approximate surface area is 156 Å². The molecule has 4 nitrogen and oxygen atoms in total. The van der Waals surface area contributed by atoms with Gasteiger partial charge in [0, 0.05) is 12.1 Å². The zero-order chi connectivity index (χ0) is 18.7. The predicted octanol–water partition coefficient (Wildman–Crippen LogP) is 4.17. The van der Waals surface area contributed by atoms with Crippen molar-refractivity contribution in [3.05, 3.63) is 70.0 Å². The van der Waals surface area contributed by atoms with Crippen molar-refractivity contribution in [1.82, 2.24) is 4.90 Å². The lowest BCUT2D eigenvalue weighted by Gasteiger charge is -2.33. The number of carbonyl (C=O) groups is 2. The fourth-order valence-corrected chi connectivity index (χ4v) is 3.44. The SMILES string of the molecule is CN(C(=O)COC(=O)c1cc(Cl)ccc1F)[C@H]1CCCc2ccccc21. The molecule has 1 amide bonds. The highest BCUT2D eigenvalue weighted by atomic mass is 35.5. The number of hydrogen-bond donors (Lipinski definition) is 0. The van der Waals surface area contributed by atoms with Crippen molar-refractivity contribution >= 4 is 23.5 Å². The minimum Gasteiger partial charge on any atom is -0.452 e. The van der Waals surface area contributed by atoms with E-state index in [1.807, 2.05) is 18.2 Å². The molecule has 2 aromatic carbocycles. The third kappa shape index (κ3) is 3.88. The van der Waals surface area contributed by atoms with E-state index in [-0.39, 0.29) is 22.5 Å². The largest absolute Gasteiger partial charge is 0.452 e. The lowest BCUT2D eigenvalue weighted by atomic mass is 9.87. The van der Waals surface area contributed by atoms with Crippen LogP contribution in [0.3, 0.4) is 0 Å². The number of amides is 1. The highest BCUT2D eigenvalue weighted by molar-refractivity contribution is 6.30. The molecule has 1 aliphatic carbocycles. The first-order chi connectivity index (χ1) is 12.5. The van der Waals surface area contributed by atoms with Gasteiger partial charge < -0.3 is 9.64 Å². The van der Waals surface area contributed by atoms with E-state index in [4.69, 9.17) is 16.3 Å². The molecule has 0 fully saturated rings. The number of halogens is 2. The van der Waals surface area contributed by atoms with Gasteiger partial charge in [0.05, 0.1) is 11.6 Å². The molecule has 0 saturated heterocycles. The second kappa shape index (κ2) is 7.87. The van der Waals surface area contributed by atoms with Gasteiger partial charge in [0.25, 0.3) is 5.91 Å². The van der Waals surface area contributed by atoms with E-state index >= 15 is 0 Å². The summed E-state index contributed by atoms with van der Waals surface area (Å²) in [7, 11) is 1.70. The maximum atomic E-state index is 13.7. The lowest BCUT2D eigenvalue weighted by Crippen LogP contribution is -2.36. The number of nitrogens with zero attached hydrogens (tertiary/aromatic N) is 1. The summed E-state index contributed by atoms with van der Waals surface area (Å²) in [5, 5.41) is 0.223. The Kier molecular flexibility index (Phi) is 5.57. The number of ether oxygens (including phenoxy) is 1. The molecule has 136 valence electrons. The van der Waals surface area contributed by atoms with Gasteiger partial charge in [-0.3, -0.25) is 4.79 Å². The van der Waals surface area contributed by atoms with Gasteiger partial charge in [-0.25, -0.2) is 9.18 Å². The summed E-state index contributed by atoms with van der Waals surface area (Å²) in [6.45, 7) is -0.444. The second-order valence-electron chi connectivity index (χ2n) is 6.31. The molecule has 3 rings (SSSR count). The van der Waals surface area contributed by atoms with E-state index in [0.29, 0.717) is 0 Å². The summed E-state index contributed by atoms with van der Waals surface area (Å²) in [5.41, 5.74) is 2.08. The summed E-state index contributed by atoms with van der Waals surface area (Å²) in [6.07, 6.45) is 2.85. The zero-order valence-corrected chi connectivity index (χ0v) is 15.1. The van der Waals surface area contributed by atoms with Crippen LogP contribution in [0.5, 0.6) is 0 Å². The zero-order valence-electron chi connectivity index (χ0n) is 14.4. The summed E-state index contributed by atoms with van der Waals surface area (Å²) < 4.78 is 18.7. The molecule has 0 aromatic heterocycles. The molecule has 6 heteroatoms. The summed E-state index contributed by atoms with van der Waals surface area (Å²) in [6, 6.07) is 11.6. The summed E-state index contributed by atoms with van der Waals surface area (Å²) in [4.78, 5) is 26.1. The van der Waals surface area contributed by atoms with Gasteiger partial charge in [0.2, 0.25) is 0 Å². The smallest absolute Gasteiger partial charge is 0.341 e. The lowest BCUT2D eigenvalue weighted by molar-refractivity contribution is -0.135. The van der Waals surface area contributed by atoms with Crippen LogP contribution in [0, 0.1) is 5.82 Å². The van der Waals surface area contributed by atoms with E-state index in [0.717, 1.165) is 30.9 Å². The topological polar surface area (TPSA) is 46.6 Å². The quantitative estimate of drug-likeness (QED) is 0.753. The Bertz CT molecular complexity index is 840. The first kappa shape index (κ1) is 18.4. The summed E-state index contributed by atoms with van der Waals surface area (Å²) >= 11 is 5.77. The monoisotopic (exact) mass is 375 g/mol. The highest BCUT2D eigenvalue weighted by Gasteiger charge is 2.27. The maximum absolute atomic E-state index is 13.7. The Balaban J connectivity index is 1.65. The molecule has 0 N–H and O–H groups in total. The molecular weight excluding hydrogens is 357 g/mol. The van der Waals surface area contributed by atoms with Crippen molar-refractivity contribution in [3.8, 4) is 0 Å².